The summed E-state index contributed by atoms with van der Waals surface area (Å²) in [6, 6.07) is 4.69. The minimum Gasteiger partial charge on any atom is -0.493 e. The Bertz CT molecular complexity index is 782. The van der Waals surface area contributed by atoms with E-state index in [0.717, 1.165) is 17.8 Å². The first-order chi connectivity index (χ1) is 11.6. The summed E-state index contributed by atoms with van der Waals surface area (Å²) in [7, 11) is -0.514. The summed E-state index contributed by atoms with van der Waals surface area (Å²) in [6.45, 7) is 1.00. The van der Waals surface area contributed by atoms with E-state index in [9.17, 15) is 8.42 Å². The van der Waals surface area contributed by atoms with Crippen LogP contribution < -0.4 is 9.47 Å². The van der Waals surface area contributed by atoms with Crippen molar-refractivity contribution < 1.29 is 17.9 Å². The molecule has 0 radical (unpaired) electrons. The molecule has 1 aromatic carbocycles. The van der Waals surface area contributed by atoms with Gasteiger partial charge >= 0.3 is 0 Å². The number of rotatable bonds is 5. The van der Waals surface area contributed by atoms with Crippen LogP contribution in [0.5, 0.6) is 11.5 Å². The summed E-state index contributed by atoms with van der Waals surface area (Å²) >= 11 is 1.63. The highest BCUT2D eigenvalue weighted by Crippen LogP contribution is 2.34. The number of benzene rings is 1. The van der Waals surface area contributed by atoms with Crippen molar-refractivity contribution in [3.8, 4) is 11.5 Å². The molecule has 1 saturated heterocycles. The van der Waals surface area contributed by atoms with E-state index in [1.165, 1.54) is 20.3 Å². The number of nitrogens with zero attached hydrogens (tertiary/aromatic N) is 2. The van der Waals surface area contributed by atoms with Crippen molar-refractivity contribution in [1.82, 2.24) is 9.29 Å². The van der Waals surface area contributed by atoms with Crippen LogP contribution in [0, 0.1) is 0 Å². The molecule has 6 nitrogen and oxygen atoms in total. The first kappa shape index (κ1) is 17.2. The fraction of sp³-hybridized carbons (Fsp3) is 0.438. The molecule has 0 spiro atoms. The maximum atomic E-state index is 12.9. The third-order valence-electron chi connectivity index (χ3n) is 4.25. The zero-order valence-corrected chi connectivity index (χ0v) is 15.3. The standard InChI is InChI=1S/C16H20N2O4S2/c1-21-14-4-3-13(11-15(14)22-2)24(19,20)18-8-5-12(6-9-18)16-17-7-10-23-16/h3-4,7,10-12H,5-6,8-9H2,1-2H3. The van der Waals surface area contributed by atoms with E-state index in [1.807, 2.05) is 5.38 Å². The van der Waals surface area contributed by atoms with Crippen molar-refractivity contribution in [3.05, 3.63) is 34.8 Å². The lowest BCUT2D eigenvalue weighted by Crippen LogP contribution is -2.37. The lowest BCUT2D eigenvalue weighted by molar-refractivity contribution is 0.318. The molecular weight excluding hydrogens is 348 g/mol. The lowest BCUT2D eigenvalue weighted by Gasteiger charge is -2.30. The van der Waals surface area contributed by atoms with Crippen LogP contribution in [0.15, 0.2) is 34.7 Å². The van der Waals surface area contributed by atoms with Gasteiger partial charge in [-0.3, -0.25) is 0 Å². The smallest absolute Gasteiger partial charge is 0.243 e. The number of sulfonamides is 1. The minimum atomic E-state index is -3.53. The van der Waals surface area contributed by atoms with Crippen molar-refractivity contribution in [1.29, 1.82) is 0 Å². The Balaban J connectivity index is 1.77. The Morgan fingerprint density at radius 1 is 1.17 bits per heavy atom. The van der Waals surface area contributed by atoms with Crippen LogP contribution in [0.1, 0.15) is 23.8 Å². The highest BCUT2D eigenvalue weighted by molar-refractivity contribution is 7.89. The molecule has 0 amide bonds. The first-order valence-corrected chi connectivity index (χ1v) is 10.00. The molecule has 2 heterocycles. The van der Waals surface area contributed by atoms with Crippen LogP contribution in [0.2, 0.25) is 0 Å². The van der Waals surface area contributed by atoms with E-state index < -0.39 is 10.0 Å². The van der Waals surface area contributed by atoms with Gasteiger partial charge in [-0.2, -0.15) is 4.31 Å². The van der Waals surface area contributed by atoms with Crippen molar-refractivity contribution >= 4 is 21.4 Å². The van der Waals surface area contributed by atoms with Gasteiger partial charge < -0.3 is 9.47 Å². The lowest BCUT2D eigenvalue weighted by atomic mass is 9.99. The third-order valence-corrected chi connectivity index (χ3v) is 7.08. The number of hydrogen-bond donors (Lipinski definition) is 0. The maximum absolute atomic E-state index is 12.9. The van der Waals surface area contributed by atoms with E-state index in [2.05, 4.69) is 4.98 Å². The number of aromatic nitrogens is 1. The van der Waals surface area contributed by atoms with Gasteiger partial charge in [-0.05, 0) is 25.0 Å². The molecule has 1 aliphatic rings. The van der Waals surface area contributed by atoms with Crippen LogP contribution in [-0.4, -0.2) is 45.0 Å². The molecule has 1 aliphatic heterocycles. The van der Waals surface area contributed by atoms with Gasteiger partial charge in [0.2, 0.25) is 10.0 Å². The fourth-order valence-corrected chi connectivity index (χ4v) is 5.20. The number of hydrogen-bond acceptors (Lipinski definition) is 6. The molecule has 0 N–H and O–H groups in total. The second kappa shape index (κ2) is 7.08. The van der Waals surface area contributed by atoms with Crippen molar-refractivity contribution in [2.75, 3.05) is 27.3 Å². The molecule has 1 aromatic heterocycles. The molecule has 8 heteroatoms. The highest BCUT2D eigenvalue weighted by Gasteiger charge is 2.31. The Morgan fingerprint density at radius 3 is 2.46 bits per heavy atom. The SMILES string of the molecule is COc1ccc(S(=O)(=O)N2CCC(c3nccs3)CC2)cc1OC. The van der Waals surface area contributed by atoms with Crippen LogP contribution in [0.4, 0.5) is 0 Å². The molecule has 130 valence electrons. The molecular formula is C16H20N2O4S2. The van der Waals surface area contributed by atoms with Gasteiger partial charge in [0.1, 0.15) is 0 Å². The molecule has 0 bridgehead atoms. The summed E-state index contributed by atoms with van der Waals surface area (Å²) in [5.41, 5.74) is 0. The van der Waals surface area contributed by atoms with Gasteiger partial charge in [0.05, 0.1) is 24.1 Å². The number of piperidine rings is 1. The largest absolute Gasteiger partial charge is 0.493 e. The summed E-state index contributed by atoms with van der Waals surface area (Å²) in [5, 5.41) is 3.06. The van der Waals surface area contributed by atoms with E-state index in [4.69, 9.17) is 9.47 Å². The Labute approximate surface area is 146 Å². The average Bonchev–Trinajstić information content (AvgIpc) is 3.15. The van der Waals surface area contributed by atoms with Gasteiger partial charge in [0, 0.05) is 36.7 Å². The predicted molar refractivity (Wildman–Crippen MR) is 92.4 cm³/mol. The van der Waals surface area contributed by atoms with E-state index in [-0.39, 0.29) is 4.90 Å². The number of ether oxygens (including phenoxy) is 2. The predicted octanol–water partition coefficient (Wildman–Crippen LogP) is 2.73. The Hall–Kier alpha value is -1.64. The van der Waals surface area contributed by atoms with Gasteiger partial charge in [-0.15, -0.1) is 11.3 Å². The molecule has 3 rings (SSSR count). The van der Waals surface area contributed by atoms with Crippen LogP contribution >= 0.6 is 11.3 Å². The van der Waals surface area contributed by atoms with Crippen molar-refractivity contribution in [2.24, 2.45) is 0 Å². The molecule has 24 heavy (non-hydrogen) atoms. The van der Waals surface area contributed by atoms with Gasteiger partial charge in [0.15, 0.2) is 11.5 Å². The number of methoxy groups -OCH3 is 2. The summed E-state index contributed by atoms with van der Waals surface area (Å²) in [5.74, 6) is 1.28. The second-order valence-corrected chi connectivity index (χ2v) is 8.43. The van der Waals surface area contributed by atoms with Gasteiger partial charge in [-0.25, -0.2) is 13.4 Å². The zero-order valence-electron chi connectivity index (χ0n) is 13.6. The van der Waals surface area contributed by atoms with Crippen LogP contribution in [-0.2, 0) is 10.0 Å². The summed E-state index contributed by atoms with van der Waals surface area (Å²) < 4.78 is 37.6. The normalized spacial score (nSPS) is 16.9. The van der Waals surface area contributed by atoms with Crippen molar-refractivity contribution in [3.63, 3.8) is 0 Å². The molecule has 1 fully saturated rings. The second-order valence-electron chi connectivity index (χ2n) is 5.57. The summed E-state index contributed by atoms with van der Waals surface area (Å²) in [4.78, 5) is 4.58. The molecule has 0 saturated carbocycles. The molecule has 2 aromatic rings. The van der Waals surface area contributed by atoms with Gasteiger partial charge in [-0.1, -0.05) is 0 Å². The minimum absolute atomic E-state index is 0.229. The fourth-order valence-electron chi connectivity index (χ4n) is 2.91. The first-order valence-electron chi connectivity index (χ1n) is 7.68. The third kappa shape index (κ3) is 3.26. The van der Waals surface area contributed by atoms with Crippen molar-refractivity contribution in [2.45, 2.75) is 23.7 Å². The molecule has 0 atom stereocenters. The average molecular weight is 368 g/mol. The monoisotopic (exact) mass is 368 g/mol. The topological polar surface area (TPSA) is 68.7 Å². The van der Waals surface area contributed by atoms with E-state index in [0.29, 0.717) is 30.5 Å². The molecule has 0 aliphatic carbocycles. The van der Waals surface area contributed by atoms with Gasteiger partial charge in [0.25, 0.3) is 0 Å². The quantitative estimate of drug-likeness (QED) is 0.812. The Kier molecular flexibility index (Phi) is 5.07. The van der Waals surface area contributed by atoms with E-state index >= 15 is 0 Å². The zero-order chi connectivity index (χ0) is 17.2. The number of thiazole rings is 1. The van der Waals surface area contributed by atoms with Crippen LogP contribution in [0.3, 0.4) is 0 Å². The van der Waals surface area contributed by atoms with E-state index in [1.54, 1.807) is 34.0 Å². The highest BCUT2D eigenvalue weighted by atomic mass is 32.2. The Morgan fingerprint density at radius 2 is 1.88 bits per heavy atom. The summed E-state index contributed by atoms with van der Waals surface area (Å²) in [6.07, 6.45) is 3.38. The maximum Gasteiger partial charge on any atom is 0.243 e. The molecule has 0 unspecified atom stereocenters. The van der Waals surface area contributed by atoms with Crippen LogP contribution in [0.25, 0.3) is 0 Å².